The van der Waals surface area contributed by atoms with Gasteiger partial charge in [-0.1, -0.05) is 53.2 Å². The molecule has 15 heavy (non-hydrogen) atoms. The Morgan fingerprint density at radius 1 is 0.733 bits per heavy atom. The zero-order valence-electron chi connectivity index (χ0n) is 7.78. The lowest BCUT2D eigenvalue weighted by molar-refractivity contribution is 1.41. The van der Waals surface area contributed by atoms with E-state index >= 15 is 0 Å². The van der Waals surface area contributed by atoms with Crippen LogP contribution in [-0.4, -0.2) is 0 Å². The number of rotatable bonds is 2. The molecule has 0 saturated carbocycles. The molecule has 0 aromatic heterocycles. The van der Waals surface area contributed by atoms with Gasteiger partial charge < -0.3 is 0 Å². The molecule has 2 rings (SSSR count). The van der Waals surface area contributed by atoms with Gasteiger partial charge in [-0.25, -0.2) is 0 Å². The molecule has 0 N–H and O–H groups in total. The van der Waals surface area contributed by atoms with Crippen molar-refractivity contribution >= 4 is 35.0 Å². The van der Waals surface area contributed by atoms with Crippen LogP contribution in [-0.2, 0) is 0 Å². The minimum absolute atomic E-state index is 0.668. The summed E-state index contributed by atoms with van der Waals surface area (Å²) < 4.78 is 0. The Morgan fingerprint density at radius 3 is 1.93 bits per heavy atom. The van der Waals surface area contributed by atoms with Crippen molar-refractivity contribution in [2.45, 2.75) is 9.79 Å². The van der Waals surface area contributed by atoms with Crippen molar-refractivity contribution in [2.24, 2.45) is 0 Å². The second-order valence-corrected chi connectivity index (χ2v) is 5.04. The molecular weight excluding hydrogens is 247 g/mol. The highest BCUT2D eigenvalue weighted by Crippen LogP contribution is 2.31. The Bertz CT molecular complexity index is 434. The maximum Gasteiger partial charge on any atom is 0.0432 e. The van der Waals surface area contributed by atoms with Crippen LogP contribution in [0.4, 0.5) is 0 Å². The smallest absolute Gasteiger partial charge is 0.0432 e. The largest absolute Gasteiger partial charge is 0.0900 e. The zero-order valence-corrected chi connectivity index (χ0v) is 10.1. The second kappa shape index (κ2) is 4.93. The Labute approximate surface area is 103 Å². The van der Waals surface area contributed by atoms with Gasteiger partial charge in [-0.05, 0) is 30.3 Å². The lowest BCUT2D eigenvalue weighted by Gasteiger charge is -2.02. The molecule has 0 aliphatic heterocycles. The lowest BCUT2D eigenvalue weighted by atomic mass is 10.4. The molecule has 3 heteroatoms. The molecule has 0 unspecified atom stereocenters. The minimum atomic E-state index is 0.668. The maximum atomic E-state index is 5.92. The first-order valence-electron chi connectivity index (χ1n) is 4.43. The molecule has 2 aromatic rings. The van der Waals surface area contributed by atoms with Crippen molar-refractivity contribution in [3.8, 4) is 0 Å². The van der Waals surface area contributed by atoms with Crippen LogP contribution in [0.1, 0.15) is 0 Å². The summed E-state index contributed by atoms with van der Waals surface area (Å²) in [6.07, 6.45) is 0. The van der Waals surface area contributed by atoms with E-state index in [4.69, 9.17) is 23.2 Å². The van der Waals surface area contributed by atoms with Gasteiger partial charge in [0, 0.05) is 19.8 Å². The molecule has 0 saturated heterocycles. The lowest BCUT2D eigenvalue weighted by Crippen LogP contribution is -1.74. The normalized spacial score (nSPS) is 10.3. The third-order valence-electron chi connectivity index (χ3n) is 1.81. The van der Waals surface area contributed by atoms with E-state index in [-0.39, 0.29) is 0 Å². The van der Waals surface area contributed by atoms with Crippen molar-refractivity contribution < 1.29 is 0 Å². The van der Waals surface area contributed by atoms with E-state index < -0.39 is 0 Å². The molecule has 0 aliphatic carbocycles. The second-order valence-electron chi connectivity index (χ2n) is 3.02. The Balaban J connectivity index is 2.25. The summed E-state index contributed by atoms with van der Waals surface area (Å²) >= 11 is 13.5. The first-order valence-corrected chi connectivity index (χ1v) is 6.00. The Hall–Kier alpha value is -0.630. The van der Waals surface area contributed by atoms with Crippen molar-refractivity contribution in [3.05, 3.63) is 58.6 Å². The van der Waals surface area contributed by atoms with Gasteiger partial charge in [-0.2, -0.15) is 0 Å². The van der Waals surface area contributed by atoms with Gasteiger partial charge in [0.05, 0.1) is 0 Å². The summed E-state index contributed by atoms with van der Waals surface area (Å²) in [6, 6.07) is 15.7. The van der Waals surface area contributed by atoms with E-state index in [0.717, 1.165) is 4.90 Å². The van der Waals surface area contributed by atoms with Gasteiger partial charge in [0.2, 0.25) is 0 Å². The summed E-state index contributed by atoms with van der Waals surface area (Å²) in [6.45, 7) is 0. The van der Waals surface area contributed by atoms with Crippen LogP contribution in [0.15, 0.2) is 58.3 Å². The topological polar surface area (TPSA) is 0 Å². The zero-order chi connectivity index (χ0) is 10.7. The van der Waals surface area contributed by atoms with Crippen LogP contribution in [0.25, 0.3) is 0 Å². The van der Waals surface area contributed by atoms with Crippen LogP contribution in [0, 0.1) is 0 Å². The molecule has 0 bridgehead atoms. The van der Waals surface area contributed by atoms with Gasteiger partial charge >= 0.3 is 0 Å². The molecule has 76 valence electrons. The highest BCUT2D eigenvalue weighted by molar-refractivity contribution is 7.99. The fourth-order valence-electron chi connectivity index (χ4n) is 1.21. The molecule has 0 fully saturated rings. The molecule has 0 aliphatic rings. The number of hydrogen-bond acceptors (Lipinski definition) is 1. The van der Waals surface area contributed by atoms with Crippen LogP contribution in [0.5, 0.6) is 0 Å². The summed E-state index contributed by atoms with van der Waals surface area (Å²) in [7, 11) is 0. The molecule has 0 heterocycles. The quantitative estimate of drug-likeness (QED) is 0.715. The van der Waals surface area contributed by atoms with Crippen molar-refractivity contribution in [1.82, 2.24) is 0 Å². The Morgan fingerprint density at radius 2 is 1.33 bits per heavy atom. The fourth-order valence-corrected chi connectivity index (χ4v) is 2.80. The van der Waals surface area contributed by atoms with Crippen LogP contribution in [0.2, 0.25) is 10.0 Å². The first kappa shape index (κ1) is 10.9. The standard InChI is InChI=1S/C12H8Cl2S/c13-9-6-10(14)8-12(7-9)15-11-4-2-1-3-5-11/h1-8H. The highest BCUT2D eigenvalue weighted by atomic mass is 35.5. The van der Waals surface area contributed by atoms with Crippen LogP contribution >= 0.6 is 35.0 Å². The van der Waals surface area contributed by atoms with Gasteiger partial charge in [0.25, 0.3) is 0 Å². The van der Waals surface area contributed by atoms with Crippen LogP contribution in [0.3, 0.4) is 0 Å². The number of benzene rings is 2. The fraction of sp³-hybridized carbons (Fsp3) is 0. The van der Waals surface area contributed by atoms with Gasteiger partial charge in [-0.3, -0.25) is 0 Å². The van der Waals surface area contributed by atoms with Crippen molar-refractivity contribution in [1.29, 1.82) is 0 Å². The van der Waals surface area contributed by atoms with Crippen molar-refractivity contribution in [2.75, 3.05) is 0 Å². The van der Waals surface area contributed by atoms with Gasteiger partial charge in [0.1, 0.15) is 0 Å². The highest BCUT2D eigenvalue weighted by Gasteiger charge is 2.00. The van der Waals surface area contributed by atoms with E-state index in [1.807, 2.05) is 30.3 Å². The van der Waals surface area contributed by atoms with E-state index in [2.05, 4.69) is 12.1 Å². The predicted octanol–water partition coefficient (Wildman–Crippen LogP) is 5.14. The average molecular weight is 255 g/mol. The van der Waals surface area contributed by atoms with Crippen molar-refractivity contribution in [3.63, 3.8) is 0 Å². The Kier molecular flexibility index (Phi) is 3.57. The van der Waals surface area contributed by atoms with E-state index in [0.29, 0.717) is 10.0 Å². The van der Waals surface area contributed by atoms with Gasteiger partial charge in [0.15, 0.2) is 0 Å². The summed E-state index contributed by atoms with van der Waals surface area (Å²) in [4.78, 5) is 2.23. The molecule has 0 nitrogen and oxygen atoms in total. The van der Waals surface area contributed by atoms with E-state index in [1.165, 1.54) is 4.90 Å². The minimum Gasteiger partial charge on any atom is -0.0900 e. The molecule has 2 aromatic carbocycles. The van der Waals surface area contributed by atoms with Crippen LogP contribution < -0.4 is 0 Å². The molecule has 0 spiro atoms. The average Bonchev–Trinajstić information content (AvgIpc) is 2.17. The number of halogens is 2. The summed E-state index contributed by atoms with van der Waals surface area (Å²) in [5.74, 6) is 0. The first-order chi connectivity index (χ1) is 7.24. The van der Waals surface area contributed by atoms with E-state index in [9.17, 15) is 0 Å². The monoisotopic (exact) mass is 254 g/mol. The molecule has 0 radical (unpaired) electrons. The van der Waals surface area contributed by atoms with E-state index in [1.54, 1.807) is 17.8 Å². The maximum absolute atomic E-state index is 5.92. The SMILES string of the molecule is Clc1cc(Cl)cc(Sc2ccccc2)c1. The predicted molar refractivity (Wildman–Crippen MR) is 67.0 cm³/mol. The molecule has 0 atom stereocenters. The third kappa shape index (κ3) is 3.16. The molecule has 0 amide bonds. The summed E-state index contributed by atoms with van der Waals surface area (Å²) in [5.41, 5.74) is 0. The summed E-state index contributed by atoms with van der Waals surface area (Å²) in [5, 5.41) is 1.34. The third-order valence-corrected chi connectivity index (χ3v) is 3.23. The molecular formula is C12H8Cl2S. The number of hydrogen-bond donors (Lipinski definition) is 0. The van der Waals surface area contributed by atoms with Gasteiger partial charge in [-0.15, -0.1) is 0 Å².